The average molecular weight is 422 g/mol. The molecule has 1 heterocycles. The lowest BCUT2D eigenvalue weighted by Gasteiger charge is -2.21. The molecule has 0 aliphatic heterocycles. The van der Waals surface area contributed by atoms with E-state index in [1.165, 1.54) is 45.5 Å². The molecule has 1 saturated carbocycles. The first kappa shape index (κ1) is 21.0. The summed E-state index contributed by atoms with van der Waals surface area (Å²) >= 11 is 0. The highest BCUT2D eigenvalue weighted by Gasteiger charge is 2.15. The summed E-state index contributed by atoms with van der Waals surface area (Å²) < 4.78 is 21.6. The van der Waals surface area contributed by atoms with Crippen molar-refractivity contribution in [3.8, 4) is 22.6 Å². The van der Waals surface area contributed by atoms with Crippen LogP contribution in [-0.4, -0.2) is 26.3 Å². The minimum absolute atomic E-state index is 0.108. The standard InChI is InChI=1S/C25H26O6/c1-28-24(26)16-30-19-9-7-18(8-10-19)22-15-31-23-13-20(11-12-21(23)25(22)27)29-14-17-5-3-2-4-6-17/h7-13,15,17H,2-6,14,16H2,1H3. The third-order valence-electron chi connectivity index (χ3n) is 5.71. The van der Waals surface area contributed by atoms with Crippen molar-refractivity contribution in [2.24, 2.45) is 5.92 Å². The summed E-state index contributed by atoms with van der Waals surface area (Å²) in [5, 5.41) is 0.508. The molecule has 162 valence electrons. The Morgan fingerprint density at radius 2 is 1.74 bits per heavy atom. The van der Waals surface area contributed by atoms with Crippen LogP contribution in [-0.2, 0) is 9.53 Å². The maximum atomic E-state index is 13.0. The number of fused-ring (bicyclic) bond motifs is 1. The van der Waals surface area contributed by atoms with E-state index in [1.807, 2.05) is 6.07 Å². The van der Waals surface area contributed by atoms with E-state index in [0.29, 0.717) is 40.4 Å². The first-order valence-electron chi connectivity index (χ1n) is 10.6. The van der Waals surface area contributed by atoms with Gasteiger partial charge in [0.25, 0.3) is 0 Å². The van der Waals surface area contributed by atoms with E-state index in [9.17, 15) is 9.59 Å². The van der Waals surface area contributed by atoms with Crippen LogP contribution in [0.3, 0.4) is 0 Å². The van der Waals surface area contributed by atoms with Gasteiger partial charge in [-0.2, -0.15) is 0 Å². The quantitative estimate of drug-likeness (QED) is 0.501. The average Bonchev–Trinajstić information content (AvgIpc) is 2.82. The van der Waals surface area contributed by atoms with E-state index in [0.717, 1.165) is 5.75 Å². The van der Waals surface area contributed by atoms with Gasteiger partial charge >= 0.3 is 5.97 Å². The van der Waals surface area contributed by atoms with Gasteiger partial charge < -0.3 is 18.6 Å². The summed E-state index contributed by atoms with van der Waals surface area (Å²) in [7, 11) is 1.31. The number of carbonyl (C=O) groups excluding carboxylic acids is 1. The summed E-state index contributed by atoms with van der Waals surface area (Å²) in [4.78, 5) is 24.2. The second-order valence-corrected chi connectivity index (χ2v) is 7.84. The zero-order valence-electron chi connectivity index (χ0n) is 17.6. The van der Waals surface area contributed by atoms with Crippen LogP contribution in [0.15, 0.2) is 57.9 Å². The molecule has 1 fully saturated rings. The molecular formula is C25H26O6. The SMILES string of the molecule is COC(=O)COc1ccc(-c2coc3cc(OCC4CCCCC4)ccc3c2=O)cc1. The molecule has 0 spiro atoms. The number of hydrogen-bond donors (Lipinski definition) is 0. The summed E-state index contributed by atoms with van der Waals surface area (Å²) in [6, 6.07) is 12.3. The number of hydrogen-bond acceptors (Lipinski definition) is 6. The van der Waals surface area contributed by atoms with Crippen LogP contribution < -0.4 is 14.9 Å². The Morgan fingerprint density at radius 3 is 2.48 bits per heavy atom. The van der Waals surface area contributed by atoms with E-state index in [4.69, 9.17) is 13.9 Å². The van der Waals surface area contributed by atoms with Crippen LogP contribution in [0.4, 0.5) is 0 Å². The molecule has 0 bridgehead atoms. The lowest BCUT2D eigenvalue weighted by Crippen LogP contribution is -2.15. The summed E-state index contributed by atoms with van der Waals surface area (Å²) in [6.07, 6.45) is 7.80. The Bertz CT molecular complexity index is 1090. The lowest BCUT2D eigenvalue weighted by atomic mass is 9.90. The van der Waals surface area contributed by atoms with Gasteiger partial charge in [-0.15, -0.1) is 0 Å². The second-order valence-electron chi connectivity index (χ2n) is 7.84. The summed E-state index contributed by atoms with van der Waals surface area (Å²) in [5.41, 5.74) is 1.57. The van der Waals surface area contributed by atoms with Gasteiger partial charge in [0.1, 0.15) is 23.3 Å². The molecule has 31 heavy (non-hydrogen) atoms. The molecule has 3 aromatic rings. The summed E-state index contributed by atoms with van der Waals surface area (Å²) in [5.74, 6) is 1.39. The molecule has 0 saturated heterocycles. The molecule has 6 nitrogen and oxygen atoms in total. The van der Waals surface area contributed by atoms with Crippen LogP contribution in [0.5, 0.6) is 11.5 Å². The Morgan fingerprint density at radius 1 is 1.00 bits per heavy atom. The maximum absolute atomic E-state index is 13.0. The van der Waals surface area contributed by atoms with E-state index >= 15 is 0 Å². The van der Waals surface area contributed by atoms with Gasteiger partial charge in [0.15, 0.2) is 12.0 Å². The molecule has 0 amide bonds. The van der Waals surface area contributed by atoms with Crippen molar-refractivity contribution in [3.63, 3.8) is 0 Å². The maximum Gasteiger partial charge on any atom is 0.343 e. The smallest absolute Gasteiger partial charge is 0.343 e. The zero-order chi connectivity index (χ0) is 21.6. The second kappa shape index (κ2) is 9.69. The molecule has 4 rings (SSSR count). The molecule has 0 atom stereocenters. The van der Waals surface area contributed by atoms with E-state index in [2.05, 4.69) is 4.74 Å². The van der Waals surface area contributed by atoms with E-state index < -0.39 is 5.97 Å². The molecule has 2 aromatic carbocycles. The number of ether oxygens (including phenoxy) is 3. The van der Waals surface area contributed by atoms with Gasteiger partial charge in [0.05, 0.1) is 24.7 Å². The van der Waals surface area contributed by atoms with E-state index in [-0.39, 0.29) is 12.0 Å². The Balaban J connectivity index is 1.48. The Labute approximate surface area is 180 Å². The minimum atomic E-state index is -0.457. The molecule has 1 aliphatic carbocycles. The first-order valence-corrected chi connectivity index (χ1v) is 10.6. The fourth-order valence-electron chi connectivity index (χ4n) is 3.90. The molecular weight excluding hydrogens is 396 g/mol. The van der Waals surface area contributed by atoms with Crippen molar-refractivity contribution in [1.29, 1.82) is 0 Å². The molecule has 0 radical (unpaired) electrons. The fourth-order valence-corrected chi connectivity index (χ4v) is 3.90. The van der Waals surface area contributed by atoms with Crippen LogP contribution in [0, 0.1) is 5.92 Å². The van der Waals surface area contributed by atoms with Gasteiger partial charge in [-0.05, 0) is 48.6 Å². The number of esters is 1. The third kappa shape index (κ3) is 5.08. The predicted molar refractivity (Wildman–Crippen MR) is 118 cm³/mol. The predicted octanol–water partition coefficient (Wildman–Crippen LogP) is 4.97. The van der Waals surface area contributed by atoms with Crippen molar-refractivity contribution in [2.45, 2.75) is 32.1 Å². The number of rotatable bonds is 7. The largest absolute Gasteiger partial charge is 0.493 e. The normalized spacial score (nSPS) is 14.4. The van der Waals surface area contributed by atoms with Gasteiger partial charge in [0, 0.05) is 6.07 Å². The van der Waals surface area contributed by atoms with Crippen LogP contribution >= 0.6 is 0 Å². The van der Waals surface area contributed by atoms with Crippen LogP contribution in [0.1, 0.15) is 32.1 Å². The van der Waals surface area contributed by atoms with Crippen molar-refractivity contribution in [2.75, 3.05) is 20.3 Å². The topological polar surface area (TPSA) is 75.0 Å². The first-order chi connectivity index (χ1) is 15.1. The number of benzene rings is 2. The van der Waals surface area contributed by atoms with Crippen molar-refractivity contribution >= 4 is 16.9 Å². The lowest BCUT2D eigenvalue weighted by molar-refractivity contribution is -0.142. The highest BCUT2D eigenvalue weighted by molar-refractivity contribution is 5.82. The van der Waals surface area contributed by atoms with Crippen LogP contribution in [0.25, 0.3) is 22.1 Å². The molecule has 1 aromatic heterocycles. The van der Waals surface area contributed by atoms with Crippen molar-refractivity contribution < 1.29 is 23.4 Å². The fraction of sp³-hybridized carbons (Fsp3) is 0.360. The third-order valence-corrected chi connectivity index (χ3v) is 5.71. The van der Waals surface area contributed by atoms with Gasteiger partial charge in [-0.25, -0.2) is 4.79 Å². The highest BCUT2D eigenvalue weighted by Crippen LogP contribution is 2.27. The highest BCUT2D eigenvalue weighted by atomic mass is 16.6. The minimum Gasteiger partial charge on any atom is -0.493 e. The van der Waals surface area contributed by atoms with Crippen molar-refractivity contribution in [1.82, 2.24) is 0 Å². The monoisotopic (exact) mass is 422 g/mol. The molecule has 6 heteroatoms. The van der Waals surface area contributed by atoms with Crippen LogP contribution in [0.2, 0.25) is 0 Å². The van der Waals surface area contributed by atoms with E-state index in [1.54, 1.807) is 36.4 Å². The van der Waals surface area contributed by atoms with Crippen molar-refractivity contribution in [3.05, 3.63) is 59.0 Å². The Hall–Kier alpha value is -3.28. The zero-order valence-corrected chi connectivity index (χ0v) is 17.6. The van der Waals surface area contributed by atoms with Gasteiger partial charge in [-0.3, -0.25) is 4.79 Å². The Kier molecular flexibility index (Phi) is 6.55. The molecule has 0 N–H and O–H groups in total. The molecule has 1 aliphatic rings. The van der Waals surface area contributed by atoms with Gasteiger partial charge in [-0.1, -0.05) is 31.4 Å². The summed E-state index contributed by atoms with van der Waals surface area (Å²) in [6.45, 7) is 0.539. The number of carbonyl (C=O) groups is 1. The molecule has 0 unspecified atom stereocenters. The number of methoxy groups -OCH3 is 1. The van der Waals surface area contributed by atoms with Gasteiger partial charge in [0.2, 0.25) is 0 Å².